The van der Waals surface area contributed by atoms with Crippen molar-refractivity contribution in [1.29, 1.82) is 0 Å². The second-order valence-corrected chi connectivity index (χ2v) is 8.47. The van der Waals surface area contributed by atoms with Gasteiger partial charge in [-0.15, -0.1) is 11.3 Å². The molecule has 7 nitrogen and oxygen atoms in total. The van der Waals surface area contributed by atoms with Crippen molar-refractivity contribution in [2.24, 2.45) is 5.73 Å². The summed E-state index contributed by atoms with van der Waals surface area (Å²) in [6.45, 7) is 0.0407. The minimum atomic E-state index is -1.27. The molecular weight excluding hydrogens is 435 g/mol. The molecule has 0 spiro atoms. The monoisotopic (exact) mass is 450 g/mol. The Hall–Kier alpha value is -3.98. The number of carboxylic acids is 1. The Morgan fingerprint density at radius 3 is 2.78 bits per heavy atom. The van der Waals surface area contributed by atoms with Crippen LogP contribution in [-0.2, 0) is 11.3 Å². The average molecular weight is 450 g/mol. The van der Waals surface area contributed by atoms with E-state index in [2.05, 4.69) is 0 Å². The van der Waals surface area contributed by atoms with Gasteiger partial charge in [0.1, 0.15) is 17.1 Å². The highest BCUT2D eigenvalue weighted by Gasteiger charge is 2.31. The number of nitrogens with two attached hydrogens (primary N) is 1. The molecule has 3 heterocycles. The Morgan fingerprint density at radius 2 is 2.09 bits per heavy atom. The molecule has 0 fully saturated rings. The second-order valence-electron chi connectivity index (χ2n) is 7.30. The number of carbonyl (C=O) groups is 3. The first-order valence-corrected chi connectivity index (χ1v) is 10.4. The average Bonchev–Trinajstić information content (AvgIpc) is 3.47. The van der Waals surface area contributed by atoms with Crippen molar-refractivity contribution in [3.05, 3.63) is 75.6 Å². The minimum Gasteiger partial charge on any atom is -0.477 e. The van der Waals surface area contributed by atoms with E-state index in [0.29, 0.717) is 15.1 Å². The Labute approximate surface area is 183 Å². The summed E-state index contributed by atoms with van der Waals surface area (Å²) in [5.74, 6) is -2.68. The normalized spacial score (nSPS) is 13.8. The summed E-state index contributed by atoms with van der Waals surface area (Å²) in [5.41, 5.74) is 6.03. The third-order valence-corrected chi connectivity index (χ3v) is 6.49. The van der Waals surface area contributed by atoms with Gasteiger partial charge in [-0.2, -0.15) is 0 Å². The Balaban J connectivity index is 1.87. The summed E-state index contributed by atoms with van der Waals surface area (Å²) in [6, 6.07) is 5.92. The third-order valence-electron chi connectivity index (χ3n) is 5.41. The smallest absolute Gasteiger partial charge is 0.353 e. The molecule has 9 heteroatoms. The molecule has 1 aliphatic rings. The number of primary amides is 1. The molecule has 160 valence electrons. The van der Waals surface area contributed by atoms with Crippen LogP contribution in [0.4, 0.5) is 4.39 Å². The van der Waals surface area contributed by atoms with E-state index in [-0.39, 0.29) is 52.1 Å². The van der Waals surface area contributed by atoms with Crippen molar-refractivity contribution in [1.82, 2.24) is 4.57 Å². The summed E-state index contributed by atoms with van der Waals surface area (Å²) in [4.78, 5) is 37.6. The fourth-order valence-electron chi connectivity index (χ4n) is 4.07. The van der Waals surface area contributed by atoms with Gasteiger partial charge < -0.3 is 19.8 Å². The molecule has 32 heavy (non-hydrogen) atoms. The number of allylic oxidation sites excluding steroid dienone is 4. The number of aromatic nitrogens is 1. The van der Waals surface area contributed by atoms with E-state index in [9.17, 15) is 23.9 Å². The van der Waals surface area contributed by atoms with Crippen LogP contribution in [0.2, 0.25) is 0 Å². The van der Waals surface area contributed by atoms with Gasteiger partial charge in [-0.05, 0) is 24.3 Å². The number of rotatable bonds is 5. The Bertz CT molecular complexity index is 1520. The van der Waals surface area contributed by atoms with Gasteiger partial charge >= 0.3 is 5.97 Å². The Kier molecular flexibility index (Phi) is 4.56. The quantitative estimate of drug-likeness (QED) is 0.469. The second kappa shape index (κ2) is 7.31. The van der Waals surface area contributed by atoms with Gasteiger partial charge in [-0.25, -0.2) is 9.18 Å². The number of thiophene rings is 1. The van der Waals surface area contributed by atoms with E-state index in [1.165, 1.54) is 23.0 Å². The number of amides is 1. The van der Waals surface area contributed by atoms with E-state index < -0.39 is 17.7 Å². The molecule has 3 aromatic heterocycles. The highest BCUT2D eigenvalue weighted by molar-refractivity contribution is 7.14. The number of hydrogen-bond donors (Lipinski definition) is 2. The van der Waals surface area contributed by atoms with Crippen LogP contribution >= 0.6 is 11.3 Å². The van der Waals surface area contributed by atoms with Gasteiger partial charge in [0.2, 0.25) is 0 Å². The zero-order valence-corrected chi connectivity index (χ0v) is 17.2. The predicted molar refractivity (Wildman–Crippen MR) is 117 cm³/mol. The standard InChI is InChI=1S/C23H15FN2O5S/c24-14-9-15-19(21-12(14)7-8-31-21)18(13-3-1-2-4-16(13)27)20(23(29)30)26(15)10-11-5-6-17(32-11)22(25)28/h1-3,5-9H,4,10H2,(H2,25,28)(H,29,30). The third kappa shape index (κ3) is 2.97. The number of aromatic carboxylic acids is 1. The number of furan rings is 1. The van der Waals surface area contributed by atoms with Gasteiger partial charge in [0.15, 0.2) is 5.78 Å². The van der Waals surface area contributed by atoms with E-state index >= 15 is 0 Å². The Morgan fingerprint density at radius 1 is 1.28 bits per heavy atom. The highest BCUT2D eigenvalue weighted by atomic mass is 32.1. The SMILES string of the molecule is NC(=O)c1ccc(Cn2c(C(=O)O)c(C3=CC=CCC3=O)c3c4occc4c(F)cc32)s1. The summed E-state index contributed by atoms with van der Waals surface area (Å²) in [6.07, 6.45) is 6.39. The van der Waals surface area contributed by atoms with Crippen LogP contribution in [0.5, 0.6) is 0 Å². The molecule has 1 aromatic carbocycles. The van der Waals surface area contributed by atoms with E-state index in [4.69, 9.17) is 10.2 Å². The van der Waals surface area contributed by atoms with Crippen molar-refractivity contribution >= 4 is 56.4 Å². The van der Waals surface area contributed by atoms with Crippen molar-refractivity contribution in [2.45, 2.75) is 13.0 Å². The highest BCUT2D eigenvalue weighted by Crippen LogP contribution is 2.40. The fourth-order valence-corrected chi connectivity index (χ4v) is 4.92. The molecular formula is C23H15FN2O5S. The molecule has 3 N–H and O–H groups in total. The number of nitrogens with zero attached hydrogens (tertiary/aromatic N) is 1. The van der Waals surface area contributed by atoms with Crippen LogP contribution in [0, 0.1) is 5.82 Å². The van der Waals surface area contributed by atoms with Gasteiger partial charge in [-0.3, -0.25) is 9.59 Å². The lowest BCUT2D eigenvalue weighted by Crippen LogP contribution is -2.13. The molecule has 0 saturated carbocycles. The van der Waals surface area contributed by atoms with Crippen LogP contribution in [0.25, 0.3) is 27.4 Å². The maximum Gasteiger partial charge on any atom is 0.353 e. The van der Waals surface area contributed by atoms with E-state index in [1.54, 1.807) is 30.4 Å². The first-order valence-electron chi connectivity index (χ1n) is 9.61. The number of ketones is 1. The number of carboxylic acid groups (broad SMARTS) is 1. The lowest BCUT2D eigenvalue weighted by molar-refractivity contribution is -0.113. The van der Waals surface area contributed by atoms with E-state index in [0.717, 1.165) is 11.3 Å². The van der Waals surface area contributed by atoms with Gasteiger partial charge in [-0.1, -0.05) is 18.2 Å². The maximum absolute atomic E-state index is 14.9. The van der Waals surface area contributed by atoms with Gasteiger partial charge in [0.05, 0.1) is 34.0 Å². The zero-order chi connectivity index (χ0) is 22.6. The molecule has 0 saturated heterocycles. The van der Waals surface area contributed by atoms with E-state index in [1.807, 2.05) is 0 Å². The van der Waals surface area contributed by atoms with Crippen LogP contribution < -0.4 is 5.73 Å². The molecule has 0 atom stereocenters. The molecule has 4 aromatic rings. The molecule has 0 unspecified atom stereocenters. The largest absolute Gasteiger partial charge is 0.477 e. The number of carbonyl (C=O) groups excluding carboxylic acids is 2. The molecule has 1 aliphatic carbocycles. The van der Waals surface area contributed by atoms with Crippen molar-refractivity contribution in [3.63, 3.8) is 0 Å². The summed E-state index contributed by atoms with van der Waals surface area (Å²) in [7, 11) is 0. The summed E-state index contributed by atoms with van der Waals surface area (Å²) in [5, 5.41) is 10.7. The van der Waals surface area contributed by atoms with Gasteiger partial charge in [0.25, 0.3) is 5.91 Å². The summed E-state index contributed by atoms with van der Waals surface area (Å²) < 4.78 is 21.8. The molecule has 5 rings (SSSR count). The lowest BCUT2D eigenvalue weighted by Gasteiger charge is -2.10. The van der Waals surface area contributed by atoms with Crippen LogP contribution in [0.15, 0.2) is 53.2 Å². The number of Topliss-reactive ketones (excluding diaryl/α,β-unsaturated/α-hetero) is 1. The fraction of sp³-hybridized carbons (Fsp3) is 0.0870. The predicted octanol–water partition coefficient (Wildman–Crippen LogP) is 4.35. The number of halogens is 1. The van der Waals surface area contributed by atoms with Crippen molar-refractivity contribution < 1.29 is 28.3 Å². The van der Waals surface area contributed by atoms with Crippen LogP contribution in [0.3, 0.4) is 0 Å². The molecule has 0 bridgehead atoms. The minimum absolute atomic E-state index is 0.0407. The first-order chi connectivity index (χ1) is 15.4. The first kappa shape index (κ1) is 20.0. The molecule has 1 amide bonds. The molecule has 0 radical (unpaired) electrons. The summed E-state index contributed by atoms with van der Waals surface area (Å²) >= 11 is 1.12. The number of benzene rings is 1. The van der Waals surface area contributed by atoms with Crippen molar-refractivity contribution in [3.8, 4) is 0 Å². The van der Waals surface area contributed by atoms with Crippen LogP contribution in [0.1, 0.15) is 37.0 Å². The van der Waals surface area contributed by atoms with Gasteiger partial charge in [0, 0.05) is 22.4 Å². The number of hydrogen-bond acceptors (Lipinski definition) is 5. The lowest BCUT2D eigenvalue weighted by atomic mass is 9.93. The zero-order valence-electron chi connectivity index (χ0n) is 16.4. The van der Waals surface area contributed by atoms with Crippen molar-refractivity contribution in [2.75, 3.05) is 0 Å². The molecule has 0 aliphatic heterocycles. The maximum atomic E-state index is 14.9. The number of fused-ring (bicyclic) bond motifs is 3. The van der Waals surface area contributed by atoms with Crippen LogP contribution in [-0.4, -0.2) is 27.3 Å². The topological polar surface area (TPSA) is 116 Å².